The summed E-state index contributed by atoms with van der Waals surface area (Å²) in [5.74, 6) is -1.78. The van der Waals surface area contributed by atoms with Gasteiger partial charge in [-0.05, 0) is 37.1 Å². The van der Waals surface area contributed by atoms with Gasteiger partial charge in [0.05, 0.1) is 6.42 Å². The topological polar surface area (TPSA) is 82.2 Å². The number of rotatable bonds is 6. The van der Waals surface area contributed by atoms with E-state index in [1.807, 2.05) is 6.92 Å². The van der Waals surface area contributed by atoms with Gasteiger partial charge in [0.15, 0.2) is 0 Å². The fourth-order valence-electron chi connectivity index (χ4n) is 2.55. The molecule has 0 aliphatic rings. The van der Waals surface area contributed by atoms with Crippen LogP contribution in [-0.4, -0.2) is 27.5 Å². The van der Waals surface area contributed by atoms with Gasteiger partial charge in [0.25, 0.3) is 0 Å². The summed E-state index contributed by atoms with van der Waals surface area (Å²) in [5, 5.41) is 12.6. The largest absolute Gasteiger partial charge is 0.480 e. The molecule has 5 nitrogen and oxygen atoms in total. The van der Waals surface area contributed by atoms with Gasteiger partial charge < -0.3 is 15.4 Å². The lowest BCUT2D eigenvalue weighted by Gasteiger charge is -2.25. The van der Waals surface area contributed by atoms with Crippen molar-refractivity contribution in [2.45, 2.75) is 38.6 Å². The molecule has 1 heterocycles. The van der Waals surface area contributed by atoms with E-state index in [9.17, 15) is 19.1 Å². The van der Waals surface area contributed by atoms with Crippen molar-refractivity contribution in [3.05, 3.63) is 35.8 Å². The molecule has 2 rings (SSSR count). The molecule has 6 heteroatoms. The van der Waals surface area contributed by atoms with Crippen LogP contribution in [0.2, 0.25) is 0 Å². The van der Waals surface area contributed by atoms with E-state index in [1.54, 1.807) is 12.3 Å². The molecular formula is C16H19FN2O3. The predicted molar refractivity (Wildman–Crippen MR) is 81.1 cm³/mol. The van der Waals surface area contributed by atoms with E-state index >= 15 is 0 Å². The first-order valence-electron chi connectivity index (χ1n) is 7.15. The molecule has 1 atom stereocenters. The van der Waals surface area contributed by atoms with Crippen LogP contribution in [0.1, 0.15) is 32.3 Å². The summed E-state index contributed by atoms with van der Waals surface area (Å²) >= 11 is 0. The van der Waals surface area contributed by atoms with Gasteiger partial charge in [-0.2, -0.15) is 0 Å². The molecule has 0 spiro atoms. The Morgan fingerprint density at radius 3 is 2.77 bits per heavy atom. The zero-order valence-electron chi connectivity index (χ0n) is 12.6. The molecule has 0 saturated carbocycles. The van der Waals surface area contributed by atoms with E-state index in [4.69, 9.17) is 0 Å². The first kappa shape index (κ1) is 16.0. The summed E-state index contributed by atoms with van der Waals surface area (Å²) in [6, 6.07) is 4.29. The minimum Gasteiger partial charge on any atom is -0.480 e. The second-order valence-corrected chi connectivity index (χ2v) is 5.62. The van der Waals surface area contributed by atoms with Gasteiger partial charge in [-0.3, -0.25) is 4.79 Å². The third-order valence-corrected chi connectivity index (χ3v) is 3.72. The lowest BCUT2D eigenvalue weighted by Crippen LogP contribution is -2.52. The molecule has 1 amide bonds. The van der Waals surface area contributed by atoms with E-state index in [1.165, 1.54) is 19.1 Å². The number of fused-ring (bicyclic) bond motifs is 1. The Labute approximate surface area is 127 Å². The van der Waals surface area contributed by atoms with E-state index in [2.05, 4.69) is 10.3 Å². The van der Waals surface area contributed by atoms with Crippen molar-refractivity contribution in [2.24, 2.45) is 0 Å². The summed E-state index contributed by atoms with van der Waals surface area (Å²) in [4.78, 5) is 26.4. The number of carboxylic acids is 1. The fourth-order valence-corrected chi connectivity index (χ4v) is 2.55. The quantitative estimate of drug-likeness (QED) is 0.767. The van der Waals surface area contributed by atoms with Gasteiger partial charge in [0.1, 0.15) is 11.4 Å². The number of aromatic amines is 1. The van der Waals surface area contributed by atoms with Crippen LogP contribution < -0.4 is 5.32 Å². The highest BCUT2D eigenvalue weighted by Crippen LogP contribution is 2.20. The first-order valence-corrected chi connectivity index (χ1v) is 7.15. The number of aliphatic carboxylic acids is 1. The molecule has 118 valence electrons. The average molecular weight is 306 g/mol. The maximum atomic E-state index is 13.1. The highest BCUT2D eigenvalue weighted by molar-refractivity contribution is 5.91. The Balaban J connectivity index is 2.15. The molecule has 1 aromatic heterocycles. The molecule has 0 aliphatic heterocycles. The minimum atomic E-state index is -1.27. The summed E-state index contributed by atoms with van der Waals surface area (Å²) in [7, 11) is 0. The Morgan fingerprint density at radius 1 is 1.41 bits per heavy atom. The van der Waals surface area contributed by atoms with Gasteiger partial charge in [-0.25, -0.2) is 9.18 Å². The molecule has 0 fully saturated rings. The third-order valence-electron chi connectivity index (χ3n) is 3.72. The zero-order chi connectivity index (χ0) is 16.3. The number of halogens is 1. The second kappa shape index (κ2) is 6.17. The molecule has 0 saturated heterocycles. The highest BCUT2D eigenvalue weighted by Gasteiger charge is 2.33. The summed E-state index contributed by atoms with van der Waals surface area (Å²) in [6.45, 7) is 3.36. The van der Waals surface area contributed by atoms with Gasteiger partial charge >= 0.3 is 5.97 Å². The molecule has 0 bridgehead atoms. The lowest BCUT2D eigenvalue weighted by atomic mass is 9.96. The standard InChI is InChI=1S/C16H19FN2O3/c1-3-6-16(2,15(21)22)19-14(20)7-10-9-18-13-8-11(17)4-5-12(10)13/h4-5,8-9,18H,3,6-7H2,1-2H3,(H,19,20)(H,21,22). The smallest absolute Gasteiger partial charge is 0.329 e. The molecule has 22 heavy (non-hydrogen) atoms. The monoisotopic (exact) mass is 306 g/mol. The van der Waals surface area contributed by atoms with Crippen LogP contribution in [0.25, 0.3) is 10.9 Å². The van der Waals surface area contributed by atoms with Crippen LogP contribution >= 0.6 is 0 Å². The first-order chi connectivity index (χ1) is 10.4. The maximum Gasteiger partial charge on any atom is 0.329 e. The number of H-pyrrole nitrogens is 1. The lowest BCUT2D eigenvalue weighted by molar-refractivity contribution is -0.147. The summed E-state index contributed by atoms with van der Waals surface area (Å²) < 4.78 is 13.1. The van der Waals surface area contributed by atoms with Crippen LogP contribution in [0.5, 0.6) is 0 Å². The van der Waals surface area contributed by atoms with Crippen molar-refractivity contribution in [3.8, 4) is 0 Å². The predicted octanol–water partition coefficient (Wildman–Crippen LogP) is 2.61. The number of aromatic nitrogens is 1. The van der Waals surface area contributed by atoms with Gasteiger partial charge in [0.2, 0.25) is 5.91 Å². The van der Waals surface area contributed by atoms with Gasteiger partial charge in [-0.1, -0.05) is 13.3 Å². The van der Waals surface area contributed by atoms with Crippen molar-refractivity contribution in [2.75, 3.05) is 0 Å². The molecule has 1 aromatic carbocycles. The molecule has 0 aliphatic carbocycles. The van der Waals surface area contributed by atoms with Gasteiger partial charge in [-0.15, -0.1) is 0 Å². The molecule has 2 aromatic rings. The van der Waals surface area contributed by atoms with Crippen LogP contribution in [0, 0.1) is 5.82 Å². The Hall–Kier alpha value is -2.37. The van der Waals surface area contributed by atoms with E-state index in [-0.39, 0.29) is 18.1 Å². The summed E-state index contributed by atoms with van der Waals surface area (Å²) in [6.07, 6.45) is 2.68. The molecule has 0 radical (unpaired) electrons. The Bertz CT molecular complexity index is 710. The number of carbonyl (C=O) groups excluding carboxylic acids is 1. The van der Waals surface area contributed by atoms with Gasteiger partial charge in [0, 0.05) is 17.1 Å². The molecule has 3 N–H and O–H groups in total. The van der Waals surface area contributed by atoms with Crippen LogP contribution in [0.15, 0.2) is 24.4 Å². The van der Waals surface area contributed by atoms with E-state index < -0.39 is 11.5 Å². The Morgan fingerprint density at radius 2 is 2.14 bits per heavy atom. The number of carboxylic acid groups (broad SMARTS) is 1. The third kappa shape index (κ3) is 3.27. The van der Waals surface area contributed by atoms with E-state index in [0.29, 0.717) is 23.9 Å². The van der Waals surface area contributed by atoms with Crippen molar-refractivity contribution in [1.82, 2.24) is 10.3 Å². The van der Waals surface area contributed by atoms with Crippen molar-refractivity contribution in [1.29, 1.82) is 0 Å². The number of amides is 1. The fraction of sp³-hybridized carbons (Fsp3) is 0.375. The maximum absolute atomic E-state index is 13.1. The Kier molecular flexibility index (Phi) is 4.49. The van der Waals surface area contributed by atoms with E-state index in [0.717, 1.165) is 5.39 Å². The average Bonchev–Trinajstić information content (AvgIpc) is 2.80. The van der Waals surface area contributed by atoms with Crippen LogP contribution in [0.3, 0.4) is 0 Å². The zero-order valence-corrected chi connectivity index (χ0v) is 12.6. The molecule has 1 unspecified atom stereocenters. The number of benzene rings is 1. The van der Waals surface area contributed by atoms with Crippen molar-refractivity contribution < 1.29 is 19.1 Å². The van der Waals surface area contributed by atoms with Crippen LogP contribution in [0.4, 0.5) is 4.39 Å². The second-order valence-electron chi connectivity index (χ2n) is 5.62. The minimum absolute atomic E-state index is 0.0399. The normalized spacial score (nSPS) is 13.8. The number of nitrogens with one attached hydrogen (secondary N) is 2. The van der Waals surface area contributed by atoms with Crippen LogP contribution in [-0.2, 0) is 16.0 Å². The number of hydrogen-bond acceptors (Lipinski definition) is 2. The van der Waals surface area contributed by atoms with Crippen molar-refractivity contribution >= 4 is 22.8 Å². The summed E-state index contributed by atoms with van der Waals surface area (Å²) in [5.41, 5.74) is 0.0402. The van der Waals surface area contributed by atoms with Crippen molar-refractivity contribution in [3.63, 3.8) is 0 Å². The SMILES string of the molecule is CCCC(C)(NC(=O)Cc1c[nH]c2cc(F)ccc12)C(=O)O. The molecular weight excluding hydrogens is 287 g/mol. The number of carbonyl (C=O) groups is 2. The highest BCUT2D eigenvalue weighted by atomic mass is 19.1. The number of hydrogen-bond donors (Lipinski definition) is 3.